The van der Waals surface area contributed by atoms with E-state index >= 15 is 0 Å². The molecule has 69 heavy (non-hydrogen) atoms. The molecule has 0 saturated heterocycles. The zero-order valence-corrected chi connectivity index (χ0v) is 38.1. The number of rotatable bonds is 8. The molecule has 0 aromatic heterocycles. The largest absolute Gasteiger partial charge is 0.310 e. The minimum Gasteiger partial charge on any atom is -0.310 e. The van der Waals surface area contributed by atoms with Crippen molar-refractivity contribution < 1.29 is 0 Å². The molecule has 2 aliphatic heterocycles. The molecule has 1 nitrogen and oxygen atoms in total. The third-order valence-corrected chi connectivity index (χ3v) is 14.6. The summed E-state index contributed by atoms with van der Waals surface area (Å²) in [5, 5.41) is 0. The van der Waals surface area contributed by atoms with E-state index in [4.69, 9.17) is 0 Å². The van der Waals surface area contributed by atoms with Crippen molar-refractivity contribution in [2.75, 3.05) is 4.90 Å². The second-order valence-electron chi connectivity index (χ2n) is 18.3. The van der Waals surface area contributed by atoms with Gasteiger partial charge in [0.15, 0.2) is 0 Å². The molecule has 322 valence electrons. The lowest BCUT2D eigenvalue weighted by Gasteiger charge is -2.49. The Labute approximate surface area is 405 Å². The van der Waals surface area contributed by atoms with Crippen molar-refractivity contribution in [2.24, 2.45) is 0 Å². The van der Waals surface area contributed by atoms with Crippen LogP contribution < -0.4 is 21.3 Å². The Morgan fingerprint density at radius 2 is 0.667 bits per heavy atom. The molecule has 0 spiro atoms. The van der Waals surface area contributed by atoms with Gasteiger partial charge in [-0.15, -0.1) is 0 Å². The number of anilines is 3. The first-order valence-electron chi connectivity index (χ1n) is 24.0. The van der Waals surface area contributed by atoms with Gasteiger partial charge in [0.2, 0.25) is 6.71 Å². The number of para-hydroxylation sites is 1. The van der Waals surface area contributed by atoms with E-state index < -0.39 is 5.41 Å². The van der Waals surface area contributed by atoms with Crippen LogP contribution >= 0.6 is 0 Å². The van der Waals surface area contributed by atoms with Crippen molar-refractivity contribution in [3.8, 4) is 55.6 Å². The van der Waals surface area contributed by atoms with Crippen molar-refractivity contribution in [3.05, 3.63) is 301 Å². The second-order valence-corrected chi connectivity index (χ2v) is 18.3. The first-order valence-corrected chi connectivity index (χ1v) is 24.0. The van der Waals surface area contributed by atoms with Gasteiger partial charge in [0.1, 0.15) is 0 Å². The molecule has 0 fully saturated rings. The van der Waals surface area contributed by atoms with E-state index in [-0.39, 0.29) is 6.71 Å². The zero-order chi connectivity index (χ0) is 45.7. The summed E-state index contributed by atoms with van der Waals surface area (Å²) in [5.74, 6) is 0. The van der Waals surface area contributed by atoms with Crippen LogP contribution in [0.5, 0.6) is 0 Å². The van der Waals surface area contributed by atoms with Gasteiger partial charge in [-0.05, 0) is 95.9 Å². The van der Waals surface area contributed by atoms with E-state index in [0.29, 0.717) is 0 Å². The van der Waals surface area contributed by atoms with E-state index in [2.05, 4.69) is 284 Å². The lowest BCUT2D eigenvalue weighted by molar-refractivity contribution is 0.751. The van der Waals surface area contributed by atoms with Crippen molar-refractivity contribution >= 4 is 40.2 Å². The highest BCUT2D eigenvalue weighted by molar-refractivity contribution is 6.99. The minimum atomic E-state index is -0.706. The lowest BCUT2D eigenvalue weighted by atomic mass is 9.29. The van der Waals surface area contributed by atoms with Crippen molar-refractivity contribution in [1.29, 1.82) is 0 Å². The Kier molecular flexibility index (Phi) is 9.91. The summed E-state index contributed by atoms with van der Waals surface area (Å²) in [6.07, 6.45) is 0. The van der Waals surface area contributed by atoms with Crippen molar-refractivity contribution in [2.45, 2.75) is 5.41 Å². The molecule has 13 rings (SSSR count). The molecule has 2 aliphatic rings. The highest BCUT2D eigenvalue weighted by Crippen LogP contribution is 2.53. The SMILES string of the molecule is c1ccc(-c2ccc3c(c2)N(c2c(-c4ccccc4)cccc2-c2ccccc2)c2cc(-c4ccccc4)cc4c2B3c2ccc(-c3ccccc3)cc2C4(c2ccccc2)c2ccccc2)cc1. The Balaban J connectivity index is 1.24. The molecule has 0 bridgehead atoms. The number of hydrogen-bond donors (Lipinski definition) is 0. The topological polar surface area (TPSA) is 3.24 Å². The molecule has 0 aliphatic carbocycles. The Morgan fingerprint density at radius 1 is 0.275 bits per heavy atom. The smallest absolute Gasteiger partial charge is 0.247 e. The van der Waals surface area contributed by atoms with Gasteiger partial charge in [-0.2, -0.15) is 0 Å². The second kappa shape index (κ2) is 16.9. The van der Waals surface area contributed by atoms with Crippen LogP contribution in [0.3, 0.4) is 0 Å². The number of benzene rings is 11. The molecule has 0 N–H and O–H groups in total. The van der Waals surface area contributed by atoms with Crippen LogP contribution in [0.4, 0.5) is 17.1 Å². The fourth-order valence-electron chi connectivity index (χ4n) is 11.6. The molecule has 11 aromatic rings. The number of fused-ring (bicyclic) bond motifs is 4. The quantitative estimate of drug-likeness (QED) is 0.138. The maximum Gasteiger partial charge on any atom is 0.247 e. The summed E-state index contributed by atoms with van der Waals surface area (Å²) in [7, 11) is 0. The van der Waals surface area contributed by atoms with Crippen LogP contribution in [-0.4, -0.2) is 6.71 Å². The highest BCUT2D eigenvalue weighted by Gasteiger charge is 2.52. The van der Waals surface area contributed by atoms with Gasteiger partial charge in [0.05, 0.1) is 11.1 Å². The van der Waals surface area contributed by atoms with Gasteiger partial charge in [0, 0.05) is 22.5 Å². The molecule has 0 amide bonds. The van der Waals surface area contributed by atoms with Gasteiger partial charge in [0.25, 0.3) is 0 Å². The van der Waals surface area contributed by atoms with Gasteiger partial charge < -0.3 is 4.90 Å². The number of nitrogens with zero attached hydrogens (tertiary/aromatic N) is 1. The summed E-state index contributed by atoms with van der Waals surface area (Å²) < 4.78 is 0. The Hall–Kier alpha value is -8.72. The predicted octanol–water partition coefficient (Wildman–Crippen LogP) is 15.0. The van der Waals surface area contributed by atoms with E-state index in [1.807, 2.05) is 0 Å². The van der Waals surface area contributed by atoms with E-state index in [0.717, 1.165) is 5.69 Å². The van der Waals surface area contributed by atoms with Gasteiger partial charge in [-0.25, -0.2) is 0 Å². The Morgan fingerprint density at radius 3 is 1.16 bits per heavy atom. The van der Waals surface area contributed by atoms with Crippen LogP contribution in [0.1, 0.15) is 22.3 Å². The van der Waals surface area contributed by atoms with Crippen LogP contribution in [-0.2, 0) is 5.41 Å². The molecule has 0 atom stereocenters. The summed E-state index contributed by atoms with van der Waals surface area (Å²) in [4.78, 5) is 2.65. The molecule has 0 radical (unpaired) electrons. The predicted molar refractivity (Wildman–Crippen MR) is 291 cm³/mol. The molecule has 2 heterocycles. The lowest BCUT2D eigenvalue weighted by Crippen LogP contribution is -2.65. The van der Waals surface area contributed by atoms with Gasteiger partial charge in [-0.1, -0.05) is 266 Å². The Bertz CT molecular complexity index is 3540. The average molecular weight is 876 g/mol. The van der Waals surface area contributed by atoms with Gasteiger partial charge in [-0.3, -0.25) is 0 Å². The normalized spacial score (nSPS) is 13.0. The third kappa shape index (κ3) is 6.63. The van der Waals surface area contributed by atoms with Crippen molar-refractivity contribution in [3.63, 3.8) is 0 Å². The van der Waals surface area contributed by atoms with Crippen molar-refractivity contribution in [1.82, 2.24) is 0 Å². The van der Waals surface area contributed by atoms with Crippen LogP contribution in [0.2, 0.25) is 0 Å². The first-order chi connectivity index (χ1) is 34.3. The van der Waals surface area contributed by atoms with E-state index in [1.165, 1.54) is 106 Å². The molecular weight excluding hydrogens is 830 g/mol. The summed E-state index contributed by atoms with van der Waals surface area (Å²) in [6, 6.07) is 104. The number of hydrogen-bond acceptors (Lipinski definition) is 1. The maximum absolute atomic E-state index is 2.65. The third-order valence-electron chi connectivity index (χ3n) is 14.6. The molecular formula is C67H46BN. The van der Waals surface area contributed by atoms with E-state index in [1.54, 1.807) is 0 Å². The fourth-order valence-corrected chi connectivity index (χ4v) is 11.6. The monoisotopic (exact) mass is 875 g/mol. The highest BCUT2D eigenvalue weighted by atomic mass is 15.2. The summed E-state index contributed by atoms with van der Waals surface area (Å²) in [5.41, 5.74) is 23.6. The molecule has 2 heteroatoms. The average Bonchev–Trinajstić information content (AvgIpc) is 3.44. The van der Waals surface area contributed by atoms with Gasteiger partial charge >= 0.3 is 0 Å². The van der Waals surface area contributed by atoms with Crippen LogP contribution in [0.25, 0.3) is 55.6 Å². The standard InChI is InChI=1S/C67H46BN/c1-8-23-47(24-9-1)52-39-41-61-59(43-52)67(55-33-18-6-19-34-55,56-35-20-7-21-36-56)60-44-54(49-27-12-3-13-28-49)46-64-65(60)68(61)62-42-40-53(48-25-10-2-11-26-48)45-63(62)69(64)66-57(50-29-14-4-15-30-50)37-22-38-58(66)51-31-16-5-17-32-51/h1-46H. The molecule has 11 aromatic carbocycles. The van der Waals surface area contributed by atoms with Crippen LogP contribution in [0, 0.1) is 0 Å². The van der Waals surface area contributed by atoms with Crippen LogP contribution in [0.15, 0.2) is 279 Å². The minimum absolute atomic E-state index is 0.0830. The molecule has 0 saturated carbocycles. The summed E-state index contributed by atoms with van der Waals surface area (Å²) in [6.45, 7) is -0.0830. The maximum atomic E-state index is 2.65. The fraction of sp³-hybridized carbons (Fsp3) is 0.0149. The summed E-state index contributed by atoms with van der Waals surface area (Å²) >= 11 is 0. The first kappa shape index (κ1) is 40.6. The zero-order valence-electron chi connectivity index (χ0n) is 38.1. The molecule has 0 unspecified atom stereocenters. The van der Waals surface area contributed by atoms with E-state index in [9.17, 15) is 0 Å².